The van der Waals surface area contributed by atoms with E-state index in [9.17, 15) is 26.4 Å². The number of morpholine rings is 1. The third-order valence-corrected chi connectivity index (χ3v) is 7.50. The van der Waals surface area contributed by atoms with Crippen LogP contribution in [0.15, 0.2) is 46.5 Å². The van der Waals surface area contributed by atoms with Gasteiger partial charge < -0.3 is 10.1 Å². The number of alkyl halides is 3. The highest BCUT2D eigenvalue weighted by atomic mass is 35.5. The molecule has 1 aromatic heterocycles. The van der Waals surface area contributed by atoms with Crippen molar-refractivity contribution >= 4 is 45.0 Å². The molecule has 0 unspecified atom stereocenters. The van der Waals surface area contributed by atoms with Crippen molar-refractivity contribution in [3.63, 3.8) is 0 Å². The quantitative estimate of drug-likeness (QED) is 0.617. The van der Waals surface area contributed by atoms with Crippen molar-refractivity contribution in [3.05, 3.63) is 47.1 Å². The Morgan fingerprint density at radius 2 is 1.97 bits per heavy atom. The molecule has 1 aliphatic heterocycles. The zero-order chi connectivity index (χ0) is 22.6. The highest BCUT2D eigenvalue weighted by molar-refractivity contribution is 8.00. The maximum atomic E-state index is 12.7. The standard InChI is InChI=1S/C18H17ClF3N3O4S2/c19-15-8-12(18(20,21)22)10-23-17(15)30-11-16(26)24-13-2-1-3-14(9-13)31(27,28)25-4-6-29-7-5-25/h1-3,8-10H,4-7,11H2,(H,24,26). The minimum atomic E-state index is -4.57. The van der Waals surface area contributed by atoms with E-state index in [0.29, 0.717) is 19.4 Å². The van der Waals surface area contributed by atoms with Crippen LogP contribution in [-0.4, -0.2) is 55.7 Å². The molecule has 31 heavy (non-hydrogen) atoms. The number of benzene rings is 1. The van der Waals surface area contributed by atoms with Gasteiger partial charge in [-0.15, -0.1) is 0 Å². The molecule has 1 fully saturated rings. The van der Waals surface area contributed by atoms with Crippen molar-refractivity contribution in [2.45, 2.75) is 16.1 Å². The highest BCUT2D eigenvalue weighted by Crippen LogP contribution is 2.33. The summed E-state index contributed by atoms with van der Waals surface area (Å²) < 4.78 is 69.9. The maximum absolute atomic E-state index is 12.7. The van der Waals surface area contributed by atoms with Gasteiger partial charge in [0.05, 0.1) is 34.4 Å². The van der Waals surface area contributed by atoms with Crippen molar-refractivity contribution < 1.29 is 31.1 Å². The number of rotatable bonds is 6. The van der Waals surface area contributed by atoms with E-state index in [1.54, 1.807) is 0 Å². The Kier molecular flexibility index (Phi) is 7.47. The summed E-state index contributed by atoms with van der Waals surface area (Å²) >= 11 is 6.69. The van der Waals surface area contributed by atoms with Gasteiger partial charge in [0.1, 0.15) is 5.03 Å². The Hall–Kier alpha value is -1.86. The van der Waals surface area contributed by atoms with Crippen LogP contribution in [0.3, 0.4) is 0 Å². The zero-order valence-corrected chi connectivity index (χ0v) is 18.2. The van der Waals surface area contributed by atoms with Gasteiger partial charge in [-0.3, -0.25) is 4.79 Å². The molecule has 0 atom stereocenters. The molecule has 0 radical (unpaired) electrons. The van der Waals surface area contributed by atoms with Crippen LogP contribution in [0.2, 0.25) is 5.02 Å². The molecule has 2 heterocycles. The van der Waals surface area contributed by atoms with E-state index in [-0.39, 0.29) is 39.5 Å². The fraction of sp³-hybridized carbons (Fsp3) is 0.333. The number of nitrogens with zero attached hydrogens (tertiary/aromatic N) is 2. The van der Waals surface area contributed by atoms with Gasteiger partial charge in [0.25, 0.3) is 0 Å². The maximum Gasteiger partial charge on any atom is 0.417 e. The predicted octanol–water partition coefficient (Wildman–Crippen LogP) is 3.51. The van der Waals surface area contributed by atoms with Gasteiger partial charge in [-0.2, -0.15) is 17.5 Å². The van der Waals surface area contributed by atoms with Crippen LogP contribution in [-0.2, 0) is 25.7 Å². The summed E-state index contributed by atoms with van der Waals surface area (Å²) in [5, 5.41) is 2.43. The molecule has 13 heteroatoms. The Labute approximate surface area is 186 Å². The van der Waals surface area contributed by atoms with E-state index < -0.39 is 27.7 Å². The van der Waals surface area contributed by atoms with Crippen molar-refractivity contribution in [1.82, 2.24) is 9.29 Å². The summed E-state index contributed by atoms with van der Waals surface area (Å²) in [6.45, 7) is 1.12. The van der Waals surface area contributed by atoms with Crippen molar-refractivity contribution in [2.75, 3.05) is 37.4 Å². The van der Waals surface area contributed by atoms with Crippen molar-refractivity contribution in [3.8, 4) is 0 Å². The summed E-state index contributed by atoms with van der Waals surface area (Å²) in [5.41, 5.74) is -0.712. The zero-order valence-electron chi connectivity index (χ0n) is 15.9. The monoisotopic (exact) mass is 495 g/mol. The Balaban J connectivity index is 1.63. The fourth-order valence-electron chi connectivity index (χ4n) is 2.69. The summed E-state index contributed by atoms with van der Waals surface area (Å²) in [7, 11) is -3.72. The predicted molar refractivity (Wildman–Crippen MR) is 110 cm³/mol. The lowest BCUT2D eigenvalue weighted by Crippen LogP contribution is -2.40. The smallest absolute Gasteiger partial charge is 0.379 e. The summed E-state index contributed by atoms with van der Waals surface area (Å²) in [6.07, 6.45) is -3.92. The molecule has 0 saturated carbocycles. The van der Waals surface area contributed by atoms with E-state index in [2.05, 4.69) is 10.3 Å². The first-order valence-corrected chi connectivity index (χ1v) is 11.7. The lowest BCUT2D eigenvalue weighted by molar-refractivity contribution is -0.137. The first kappa shape index (κ1) is 23.8. The second-order valence-corrected chi connectivity index (χ2v) is 9.70. The molecular weight excluding hydrogens is 479 g/mol. The van der Waals surface area contributed by atoms with E-state index >= 15 is 0 Å². The van der Waals surface area contributed by atoms with Gasteiger partial charge in [-0.25, -0.2) is 13.4 Å². The number of thioether (sulfide) groups is 1. The molecule has 1 amide bonds. The van der Waals surface area contributed by atoms with Crippen LogP contribution in [0.5, 0.6) is 0 Å². The second-order valence-electron chi connectivity index (χ2n) is 6.39. The molecule has 3 rings (SSSR count). The van der Waals surface area contributed by atoms with Crippen molar-refractivity contribution in [1.29, 1.82) is 0 Å². The average Bonchev–Trinajstić information content (AvgIpc) is 2.73. The molecule has 1 saturated heterocycles. The topological polar surface area (TPSA) is 88.6 Å². The normalized spacial score (nSPS) is 15.6. The molecule has 1 aromatic carbocycles. The van der Waals surface area contributed by atoms with Crippen LogP contribution in [0.25, 0.3) is 0 Å². The van der Waals surface area contributed by atoms with Crippen LogP contribution >= 0.6 is 23.4 Å². The number of ether oxygens (including phenoxy) is 1. The van der Waals surface area contributed by atoms with Gasteiger partial charge in [0.2, 0.25) is 15.9 Å². The van der Waals surface area contributed by atoms with Gasteiger partial charge in [-0.1, -0.05) is 29.4 Å². The lowest BCUT2D eigenvalue weighted by atomic mass is 10.3. The molecule has 1 aliphatic rings. The first-order valence-electron chi connectivity index (χ1n) is 8.91. The Morgan fingerprint density at radius 1 is 1.26 bits per heavy atom. The number of hydrogen-bond acceptors (Lipinski definition) is 6. The number of sulfonamides is 1. The lowest BCUT2D eigenvalue weighted by Gasteiger charge is -2.26. The molecular formula is C18H17ClF3N3O4S2. The Morgan fingerprint density at radius 3 is 2.61 bits per heavy atom. The molecule has 0 spiro atoms. The SMILES string of the molecule is O=C(CSc1ncc(C(F)(F)F)cc1Cl)Nc1cccc(S(=O)(=O)N2CCOCC2)c1. The third-order valence-electron chi connectivity index (χ3n) is 4.20. The van der Waals surface area contributed by atoms with Crippen molar-refractivity contribution in [2.24, 2.45) is 0 Å². The number of carbonyl (C=O) groups excluding carboxylic acids is 1. The Bertz CT molecular complexity index is 1060. The number of anilines is 1. The number of pyridine rings is 1. The molecule has 7 nitrogen and oxygen atoms in total. The molecule has 1 N–H and O–H groups in total. The van der Waals surface area contributed by atoms with Crippen LogP contribution in [0.1, 0.15) is 5.56 Å². The van der Waals surface area contributed by atoms with Gasteiger partial charge >= 0.3 is 6.18 Å². The van der Waals surface area contributed by atoms with E-state index in [0.717, 1.165) is 17.8 Å². The highest BCUT2D eigenvalue weighted by Gasteiger charge is 2.31. The molecule has 2 aromatic rings. The van der Waals surface area contributed by atoms with Crippen LogP contribution < -0.4 is 5.32 Å². The largest absolute Gasteiger partial charge is 0.417 e. The molecule has 168 valence electrons. The van der Waals surface area contributed by atoms with E-state index in [1.165, 1.54) is 28.6 Å². The summed E-state index contributed by atoms with van der Waals surface area (Å²) in [6, 6.07) is 6.56. The number of halogens is 4. The van der Waals surface area contributed by atoms with E-state index in [1.807, 2.05) is 0 Å². The number of carbonyl (C=O) groups is 1. The van der Waals surface area contributed by atoms with Gasteiger partial charge in [0, 0.05) is 25.0 Å². The minimum Gasteiger partial charge on any atom is -0.379 e. The minimum absolute atomic E-state index is 0.0345. The summed E-state index contributed by atoms with van der Waals surface area (Å²) in [4.78, 5) is 15.9. The summed E-state index contributed by atoms with van der Waals surface area (Å²) in [5.74, 6) is -0.679. The fourth-order valence-corrected chi connectivity index (χ4v) is 5.14. The first-order chi connectivity index (χ1) is 14.6. The molecule has 0 bridgehead atoms. The van der Waals surface area contributed by atoms with Crippen LogP contribution in [0.4, 0.5) is 18.9 Å². The number of aromatic nitrogens is 1. The number of hydrogen-bond donors (Lipinski definition) is 1. The molecule has 0 aliphatic carbocycles. The third kappa shape index (κ3) is 6.10. The second kappa shape index (κ2) is 9.74. The average molecular weight is 496 g/mol. The van der Waals surface area contributed by atoms with E-state index in [4.69, 9.17) is 16.3 Å². The van der Waals surface area contributed by atoms with Gasteiger partial charge in [-0.05, 0) is 24.3 Å². The van der Waals surface area contributed by atoms with Gasteiger partial charge in [0.15, 0.2) is 0 Å². The number of amides is 1. The van der Waals surface area contributed by atoms with Crippen LogP contribution in [0, 0.1) is 0 Å². The number of nitrogens with one attached hydrogen (secondary N) is 1.